The quantitative estimate of drug-likeness (QED) is 0.173. The molecule has 7 aromatic rings. The smallest absolute Gasteiger partial charge is 0.148 e. The van der Waals surface area contributed by atoms with Crippen molar-refractivity contribution in [3.8, 4) is 22.8 Å². The molecular weight excluding hydrogens is 585 g/mol. The maximum Gasteiger partial charge on any atom is 0.148 e. The number of aromatic nitrogens is 4. The second-order valence-electron chi connectivity index (χ2n) is 13.3. The van der Waals surface area contributed by atoms with Crippen molar-refractivity contribution in [2.24, 2.45) is 0 Å². The molecule has 0 saturated carbocycles. The van der Waals surface area contributed by atoms with Crippen LogP contribution < -0.4 is 19.7 Å². The third kappa shape index (κ3) is 4.77. The van der Waals surface area contributed by atoms with Crippen molar-refractivity contribution in [2.75, 3.05) is 16.5 Å². The van der Waals surface area contributed by atoms with Gasteiger partial charge in [0, 0.05) is 28.7 Å². The van der Waals surface area contributed by atoms with Crippen LogP contribution in [0, 0.1) is 0 Å². The van der Waals surface area contributed by atoms with E-state index in [9.17, 15) is 0 Å². The van der Waals surface area contributed by atoms with Gasteiger partial charge in [-0.2, -0.15) is 0 Å². The molecule has 0 spiro atoms. The summed E-state index contributed by atoms with van der Waals surface area (Å²) in [5, 5.41) is 2.23. The third-order valence-corrected chi connectivity index (χ3v) is 10.9. The number of rotatable bonds is 6. The molecule has 0 atom stereocenters. The molecule has 46 heavy (non-hydrogen) atoms. The molecule has 8 rings (SSSR count). The Hall–Kier alpha value is -5.21. The highest BCUT2D eigenvalue weighted by atomic mass is 28.3. The van der Waals surface area contributed by atoms with Gasteiger partial charge >= 0.3 is 0 Å². The van der Waals surface area contributed by atoms with Gasteiger partial charge in [0.05, 0.1) is 54.6 Å². The summed E-state index contributed by atoms with van der Waals surface area (Å²) < 4.78 is 8.85. The summed E-state index contributed by atoms with van der Waals surface area (Å²) in [6.07, 6.45) is 3.67. The number of anilines is 3. The van der Waals surface area contributed by atoms with Gasteiger partial charge in [-0.05, 0) is 67.6 Å². The molecule has 0 unspecified atom stereocenters. The predicted molar refractivity (Wildman–Crippen MR) is 192 cm³/mol. The number of fused-ring (bicyclic) bond motifs is 6. The average molecular weight is 621 g/mol. The van der Waals surface area contributed by atoms with E-state index in [1.54, 1.807) is 0 Å². The van der Waals surface area contributed by atoms with Gasteiger partial charge in [-0.15, -0.1) is 0 Å². The molecule has 1 aliphatic rings. The first kappa shape index (κ1) is 28.3. The van der Waals surface area contributed by atoms with Crippen molar-refractivity contribution in [2.45, 2.75) is 39.5 Å². The summed E-state index contributed by atoms with van der Waals surface area (Å²) in [4.78, 5) is 19.3. The second kappa shape index (κ2) is 10.7. The van der Waals surface area contributed by atoms with E-state index in [2.05, 4.69) is 125 Å². The molecule has 0 saturated heterocycles. The first-order valence-corrected chi connectivity index (χ1v) is 19.3. The average Bonchev–Trinajstić information content (AvgIpc) is 3.64. The van der Waals surface area contributed by atoms with Gasteiger partial charge < -0.3 is 14.5 Å². The van der Waals surface area contributed by atoms with Crippen LogP contribution in [0.15, 0.2) is 110 Å². The molecule has 0 aliphatic carbocycles. The molecule has 0 fully saturated rings. The van der Waals surface area contributed by atoms with Gasteiger partial charge in [-0.25, -0.2) is 9.97 Å². The maximum atomic E-state index is 6.80. The molecular formula is C38H36N6OSi. The predicted octanol–water partition coefficient (Wildman–Crippen LogP) is 8.76. The van der Waals surface area contributed by atoms with Crippen LogP contribution in [0.4, 0.5) is 17.1 Å². The zero-order chi connectivity index (χ0) is 31.6. The molecule has 1 aliphatic heterocycles. The van der Waals surface area contributed by atoms with Crippen LogP contribution in [0.5, 0.6) is 11.5 Å². The first-order valence-electron chi connectivity index (χ1n) is 15.8. The number of nitrogens with zero attached hydrogens (tertiary/aromatic N) is 6. The SMILES string of the molecule is CC(C)N1CN(c2cccc(Oc3cc(-c4cc5c(cn4)ncn4c6ccccc6nc54)ccc3[Si](C)(C)C)c2)c2ccccc21. The van der Waals surface area contributed by atoms with Crippen molar-refractivity contribution in [3.05, 3.63) is 110 Å². The van der Waals surface area contributed by atoms with E-state index in [4.69, 9.17) is 14.7 Å². The zero-order valence-corrected chi connectivity index (χ0v) is 27.8. The number of para-hydroxylation sites is 4. The highest BCUT2D eigenvalue weighted by molar-refractivity contribution is 6.89. The molecule has 3 aromatic heterocycles. The Kier molecular flexibility index (Phi) is 6.58. The van der Waals surface area contributed by atoms with Gasteiger partial charge in [0.1, 0.15) is 23.5 Å². The van der Waals surface area contributed by atoms with Crippen molar-refractivity contribution >= 4 is 57.9 Å². The largest absolute Gasteiger partial charge is 0.457 e. The zero-order valence-electron chi connectivity index (χ0n) is 26.8. The van der Waals surface area contributed by atoms with Crippen LogP contribution in [-0.4, -0.2) is 40.1 Å². The van der Waals surface area contributed by atoms with E-state index in [1.165, 1.54) is 16.6 Å². The molecule has 0 bridgehead atoms. The normalized spacial score (nSPS) is 13.3. The van der Waals surface area contributed by atoms with Crippen LogP contribution in [0.2, 0.25) is 19.6 Å². The lowest BCUT2D eigenvalue weighted by atomic mass is 10.1. The van der Waals surface area contributed by atoms with E-state index in [1.807, 2.05) is 36.8 Å². The van der Waals surface area contributed by atoms with E-state index in [-0.39, 0.29) is 0 Å². The maximum absolute atomic E-state index is 6.80. The minimum atomic E-state index is -1.75. The third-order valence-electron chi connectivity index (χ3n) is 8.87. The lowest BCUT2D eigenvalue weighted by Gasteiger charge is -2.25. The molecule has 8 heteroatoms. The van der Waals surface area contributed by atoms with Gasteiger partial charge in [-0.3, -0.25) is 9.38 Å². The van der Waals surface area contributed by atoms with E-state index >= 15 is 0 Å². The second-order valence-corrected chi connectivity index (χ2v) is 18.3. The Morgan fingerprint density at radius 1 is 0.783 bits per heavy atom. The fraction of sp³-hybridized carbons (Fsp3) is 0.184. The van der Waals surface area contributed by atoms with E-state index < -0.39 is 8.07 Å². The van der Waals surface area contributed by atoms with Gasteiger partial charge in [-0.1, -0.05) is 62.1 Å². The summed E-state index contributed by atoms with van der Waals surface area (Å²) in [6.45, 7) is 12.3. The Balaban J connectivity index is 1.18. The van der Waals surface area contributed by atoms with Gasteiger partial charge in [0.2, 0.25) is 0 Å². The lowest BCUT2D eigenvalue weighted by Crippen LogP contribution is -2.38. The fourth-order valence-electron chi connectivity index (χ4n) is 6.49. The van der Waals surface area contributed by atoms with Crippen LogP contribution in [-0.2, 0) is 0 Å². The van der Waals surface area contributed by atoms with Crippen LogP contribution in [0.25, 0.3) is 38.8 Å². The highest BCUT2D eigenvalue weighted by Gasteiger charge is 2.28. The standard InChI is InChI=1S/C38H36N6OSi/c1-25(2)43-24-44(35-16-9-8-15-34(35)43)27-11-10-12-28(20-27)45-36-19-26(17-18-37(36)46(3,4)5)31-21-29-32(22-39-31)40-23-42-33-14-7-6-13-30(33)41-38(29)42/h6-23,25H,24H2,1-5H3. The summed E-state index contributed by atoms with van der Waals surface area (Å²) in [6, 6.07) is 34.3. The Labute approximate surface area is 269 Å². The number of ether oxygens (including phenoxy) is 1. The monoisotopic (exact) mass is 620 g/mol. The molecule has 0 radical (unpaired) electrons. The minimum Gasteiger partial charge on any atom is -0.457 e. The Morgan fingerprint density at radius 2 is 1.59 bits per heavy atom. The molecule has 4 aromatic carbocycles. The van der Waals surface area contributed by atoms with Crippen molar-refractivity contribution in [3.63, 3.8) is 0 Å². The van der Waals surface area contributed by atoms with Crippen LogP contribution in [0.3, 0.4) is 0 Å². The minimum absolute atomic E-state index is 0.399. The summed E-state index contributed by atoms with van der Waals surface area (Å²) in [5.74, 6) is 1.69. The lowest BCUT2D eigenvalue weighted by molar-refractivity contribution is 0.486. The van der Waals surface area contributed by atoms with E-state index in [0.29, 0.717) is 6.04 Å². The first-order chi connectivity index (χ1) is 22.2. The van der Waals surface area contributed by atoms with Crippen LogP contribution >= 0.6 is 0 Å². The summed E-state index contributed by atoms with van der Waals surface area (Å²) in [7, 11) is -1.75. The topological polar surface area (TPSA) is 58.8 Å². The number of benzene rings is 4. The van der Waals surface area contributed by atoms with Gasteiger partial charge in [0.25, 0.3) is 0 Å². The molecule has 7 nitrogen and oxygen atoms in total. The van der Waals surface area contributed by atoms with Crippen molar-refractivity contribution in [1.29, 1.82) is 0 Å². The summed E-state index contributed by atoms with van der Waals surface area (Å²) in [5.41, 5.74) is 9.12. The van der Waals surface area contributed by atoms with Crippen molar-refractivity contribution < 1.29 is 4.74 Å². The van der Waals surface area contributed by atoms with Crippen molar-refractivity contribution in [1.82, 2.24) is 19.4 Å². The molecule has 0 N–H and O–H groups in total. The van der Waals surface area contributed by atoms with E-state index in [0.717, 1.165) is 62.7 Å². The highest BCUT2D eigenvalue weighted by Crippen LogP contribution is 2.42. The molecule has 0 amide bonds. The Bertz CT molecular complexity index is 2270. The number of hydrogen-bond acceptors (Lipinski definition) is 6. The number of hydrogen-bond donors (Lipinski definition) is 0. The molecule has 4 heterocycles. The Morgan fingerprint density at radius 3 is 2.41 bits per heavy atom. The van der Waals surface area contributed by atoms with Crippen LogP contribution in [0.1, 0.15) is 13.8 Å². The summed E-state index contributed by atoms with van der Waals surface area (Å²) >= 11 is 0. The number of imidazole rings is 1. The fourth-order valence-corrected chi connectivity index (χ4v) is 7.93. The molecule has 228 valence electrons. The number of pyridine rings is 1. The van der Waals surface area contributed by atoms with Gasteiger partial charge in [0.15, 0.2) is 0 Å².